The number of ether oxygens (including phenoxy) is 2. The summed E-state index contributed by atoms with van der Waals surface area (Å²) in [7, 11) is -2.40. The molecule has 31 heavy (non-hydrogen) atoms. The van der Waals surface area contributed by atoms with E-state index in [4.69, 9.17) is 15.2 Å². The van der Waals surface area contributed by atoms with Crippen molar-refractivity contribution in [3.63, 3.8) is 0 Å². The Morgan fingerprint density at radius 2 is 1.61 bits per heavy atom. The van der Waals surface area contributed by atoms with Crippen molar-refractivity contribution >= 4 is 15.7 Å². The summed E-state index contributed by atoms with van der Waals surface area (Å²) in [6.07, 6.45) is 2.99. The van der Waals surface area contributed by atoms with E-state index in [1.54, 1.807) is 31.4 Å². The van der Waals surface area contributed by atoms with Crippen molar-refractivity contribution in [3.05, 3.63) is 48.5 Å². The van der Waals surface area contributed by atoms with Gasteiger partial charge in [0.2, 0.25) is 5.91 Å². The number of rotatable bonds is 6. The number of carbonyl (C=O) groups is 1. The minimum Gasteiger partial charge on any atom is -0.493 e. The predicted molar refractivity (Wildman–Crippen MR) is 117 cm³/mol. The number of hydrogen-bond acceptors (Lipinski definition) is 6. The second kappa shape index (κ2) is 8.16. The largest absolute Gasteiger partial charge is 0.493 e. The van der Waals surface area contributed by atoms with E-state index >= 15 is 0 Å². The zero-order chi connectivity index (χ0) is 22.1. The summed E-state index contributed by atoms with van der Waals surface area (Å²) in [4.78, 5) is 12.6. The number of hydrogen-bond donors (Lipinski definition) is 2. The van der Waals surface area contributed by atoms with Gasteiger partial charge in [0.05, 0.1) is 12.0 Å². The highest BCUT2D eigenvalue weighted by molar-refractivity contribution is 7.93. The maximum atomic E-state index is 13.6. The highest BCUT2D eigenvalue weighted by atomic mass is 32.2. The highest BCUT2D eigenvalue weighted by Gasteiger charge is 2.59. The van der Waals surface area contributed by atoms with Gasteiger partial charge in [-0.25, -0.2) is 8.42 Å². The molecule has 2 aromatic rings. The molecule has 1 heterocycles. The van der Waals surface area contributed by atoms with Gasteiger partial charge in [0.15, 0.2) is 26.1 Å². The molecule has 8 heteroatoms. The second-order valence-corrected chi connectivity index (χ2v) is 10.8. The van der Waals surface area contributed by atoms with Crippen LogP contribution in [0.5, 0.6) is 17.2 Å². The average molecular weight is 445 g/mol. The Morgan fingerprint density at radius 1 is 0.968 bits per heavy atom. The number of nitrogens with two attached hydrogens (primary N) is 1. The fourth-order valence-electron chi connectivity index (χ4n) is 4.95. The number of carbonyl (C=O) groups excluding carboxylic acids is 1. The fourth-order valence-corrected chi connectivity index (χ4v) is 7.03. The van der Waals surface area contributed by atoms with Crippen LogP contribution >= 0.6 is 0 Å². The van der Waals surface area contributed by atoms with Gasteiger partial charge in [0, 0.05) is 0 Å². The minimum atomic E-state index is -3.95. The van der Waals surface area contributed by atoms with Gasteiger partial charge in [0.1, 0.15) is 5.75 Å². The number of para-hydroxylation sites is 2. The molecule has 2 aliphatic rings. The van der Waals surface area contributed by atoms with Crippen LogP contribution in [-0.4, -0.2) is 39.3 Å². The molecular formula is C23H28N2O5S. The molecule has 2 aromatic carbocycles. The van der Waals surface area contributed by atoms with Gasteiger partial charge < -0.3 is 20.5 Å². The summed E-state index contributed by atoms with van der Waals surface area (Å²) < 4.78 is 36.8. The number of methoxy groups -OCH3 is 1. The standard InChI is InChI=1S/C23H28N2O5S/c1-29-19-4-2-3-5-20(19)30-17-6-8-18(9-7-17)31(27,28)23(21(24)26)11-10-22(16-23)12-14-25-15-13-22/h2-9,25H,10-16H2,1H3,(H2,24,26). The van der Waals surface area contributed by atoms with Gasteiger partial charge in [-0.2, -0.15) is 0 Å². The van der Waals surface area contributed by atoms with Crippen molar-refractivity contribution in [1.29, 1.82) is 0 Å². The summed E-state index contributed by atoms with van der Waals surface area (Å²) in [5.74, 6) is 0.818. The molecule has 1 amide bonds. The van der Waals surface area contributed by atoms with E-state index in [1.165, 1.54) is 12.1 Å². The van der Waals surface area contributed by atoms with Crippen LogP contribution in [0.25, 0.3) is 0 Å². The molecule has 3 N–H and O–H groups in total. The zero-order valence-corrected chi connectivity index (χ0v) is 18.4. The van der Waals surface area contributed by atoms with Crippen LogP contribution in [0.1, 0.15) is 32.1 Å². The normalized spacial score (nSPS) is 22.9. The molecule has 1 aliphatic heterocycles. The van der Waals surface area contributed by atoms with Crippen molar-refractivity contribution in [2.45, 2.75) is 41.7 Å². The van der Waals surface area contributed by atoms with Crippen molar-refractivity contribution < 1.29 is 22.7 Å². The topological polar surface area (TPSA) is 108 Å². The average Bonchev–Trinajstić information content (AvgIpc) is 3.16. The molecule has 0 radical (unpaired) electrons. The van der Waals surface area contributed by atoms with E-state index in [0.717, 1.165) is 25.9 Å². The van der Waals surface area contributed by atoms with Crippen LogP contribution in [0.2, 0.25) is 0 Å². The van der Waals surface area contributed by atoms with E-state index in [1.807, 2.05) is 12.1 Å². The first kappa shape index (κ1) is 21.6. The summed E-state index contributed by atoms with van der Waals surface area (Å²) in [5, 5.41) is 3.31. The molecule has 2 fully saturated rings. The van der Waals surface area contributed by atoms with Gasteiger partial charge in [-0.05, 0) is 87.0 Å². The Labute approximate surface area is 182 Å². The molecule has 1 spiro atoms. The summed E-state index contributed by atoms with van der Waals surface area (Å²) in [6.45, 7) is 1.67. The van der Waals surface area contributed by atoms with Gasteiger partial charge in [-0.3, -0.25) is 4.79 Å². The van der Waals surface area contributed by atoms with E-state index in [0.29, 0.717) is 30.1 Å². The Morgan fingerprint density at radius 3 is 2.23 bits per heavy atom. The molecule has 0 aromatic heterocycles. The van der Waals surface area contributed by atoms with Crippen LogP contribution in [-0.2, 0) is 14.6 Å². The number of benzene rings is 2. The maximum Gasteiger partial charge on any atom is 0.239 e. The Bertz CT molecular complexity index is 1060. The van der Waals surface area contributed by atoms with Crippen molar-refractivity contribution in [2.24, 2.45) is 11.1 Å². The van der Waals surface area contributed by atoms with Crippen LogP contribution in [0, 0.1) is 5.41 Å². The van der Waals surface area contributed by atoms with Crippen LogP contribution in [0.3, 0.4) is 0 Å². The van der Waals surface area contributed by atoms with E-state index in [2.05, 4.69) is 5.32 Å². The Balaban J connectivity index is 1.61. The molecule has 1 saturated heterocycles. The molecule has 4 rings (SSSR count). The van der Waals surface area contributed by atoms with Crippen LogP contribution in [0.4, 0.5) is 0 Å². The Kier molecular flexibility index (Phi) is 5.70. The van der Waals surface area contributed by atoms with E-state index in [9.17, 15) is 13.2 Å². The number of nitrogens with one attached hydrogen (secondary N) is 1. The van der Waals surface area contributed by atoms with E-state index < -0.39 is 20.5 Å². The molecular weight excluding hydrogens is 416 g/mol. The lowest BCUT2D eigenvalue weighted by atomic mass is 9.77. The second-order valence-electron chi connectivity index (χ2n) is 8.51. The van der Waals surface area contributed by atoms with Crippen molar-refractivity contribution in [3.8, 4) is 17.2 Å². The molecule has 1 atom stereocenters. The number of piperidine rings is 1. The smallest absolute Gasteiger partial charge is 0.239 e. The lowest BCUT2D eigenvalue weighted by Gasteiger charge is -2.35. The lowest BCUT2D eigenvalue weighted by molar-refractivity contribution is -0.120. The van der Waals surface area contributed by atoms with Crippen LogP contribution < -0.4 is 20.5 Å². The number of sulfone groups is 1. The monoisotopic (exact) mass is 444 g/mol. The number of amides is 1. The lowest BCUT2D eigenvalue weighted by Crippen LogP contribution is -2.50. The van der Waals surface area contributed by atoms with Crippen molar-refractivity contribution in [1.82, 2.24) is 5.32 Å². The van der Waals surface area contributed by atoms with Crippen LogP contribution in [0.15, 0.2) is 53.4 Å². The SMILES string of the molecule is COc1ccccc1Oc1ccc(S(=O)(=O)C2(C(N)=O)CCC3(CCNCC3)C2)cc1. The van der Waals surface area contributed by atoms with Gasteiger partial charge >= 0.3 is 0 Å². The first-order valence-electron chi connectivity index (χ1n) is 10.5. The molecule has 0 bridgehead atoms. The third-order valence-electron chi connectivity index (χ3n) is 6.78. The highest BCUT2D eigenvalue weighted by Crippen LogP contribution is 2.54. The molecule has 1 aliphatic carbocycles. The first-order valence-corrected chi connectivity index (χ1v) is 12.0. The minimum absolute atomic E-state index is 0.0876. The number of primary amides is 1. The predicted octanol–water partition coefficient (Wildman–Crippen LogP) is 3.04. The summed E-state index contributed by atoms with van der Waals surface area (Å²) in [5.41, 5.74) is 5.60. The molecule has 166 valence electrons. The zero-order valence-electron chi connectivity index (χ0n) is 17.6. The third kappa shape index (κ3) is 3.78. The van der Waals surface area contributed by atoms with Gasteiger partial charge in [-0.15, -0.1) is 0 Å². The molecule has 7 nitrogen and oxygen atoms in total. The van der Waals surface area contributed by atoms with Gasteiger partial charge in [0.25, 0.3) is 0 Å². The first-order chi connectivity index (χ1) is 14.8. The summed E-state index contributed by atoms with van der Waals surface area (Å²) in [6, 6.07) is 13.3. The molecule has 1 unspecified atom stereocenters. The quantitative estimate of drug-likeness (QED) is 0.709. The third-order valence-corrected chi connectivity index (χ3v) is 9.25. The van der Waals surface area contributed by atoms with Gasteiger partial charge in [-0.1, -0.05) is 12.1 Å². The Hall–Kier alpha value is -2.58. The maximum absolute atomic E-state index is 13.6. The van der Waals surface area contributed by atoms with Crippen molar-refractivity contribution in [2.75, 3.05) is 20.2 Å². The fraction of sp³-hybridized carbons (Fsp3) is 0.435. The summed E-state index contributed by atoms with van der Waals surface area (Å²) >= 11 is 0. The molecule has 1 saturated carbocycles. The van der Waals surface area contributed by atoms with E-state index in [-0.39, 0.29) is 16.7 Å².